The normalized spacial score (nSPS) is 18.9. The Labute approximate surface area is 118 Å². The third kappa shape index (κ3) is 3.93. The first-order chi connectivity index (χ1) is 8.96. The molecule has 0 saturated heterocycles. The predicted octanol–water partition coefficient (Wildman–Crippen LogP) is 1.84. The predicted molar refractivity (Wildman–Crippen MR) is 80.0 cm³/mol. The summed E-state index contributed by atoms with van der Waals surface area (Å²) in [5.74, 6) is 0.204. The highest BCUT2D eigenvalue weighted by molar-refractivity contribution is 5.78. The third-order valence-electron chi connectivity index (χ3n) is 4.71. The second-order valence-corrected chi connectivity index (χ2v) is 6.10. The molecule has 0 bridgehead atoms. The van der Waals surface area contributed by atoms with E-state index < -0.39 is 0 Å². The zero-order chi connectivity index (χ0) is 14.5. The van der Waals surface area contributed by atoms with Gasteiger partial charge < -0.3 is 10.6 Å². The van der Waals surface area contributed by atoms with E-state index in [1.54, 1.807) is 0 Å². The van der Waals surface area contributed by atoms with E-state index >= 15 is 0 Å². The largest absolute Gasteiger partial charge is 0.342 e. The Bertz CT molecular complexity index is 285. The monoisotopic (exact) mass is 269 g/mol. The van der Waals surface area contributed by atoms with Crippen LogP contribution in [-0.4, -0.2) is 54.0 Å². The molecule has 1 saturated carbocycles. The van der Waals surface area contributed by atoms with Crippen LogP contribution < -0.4 is 5.73 Å². The van der Waals surface area contributed by atoms with Crippen LogP contribution in [-0.2, 0) is 4.79 Å². The van der Waals surface area contributed by atoms with Crippen molar-refractivity contribution in [1.29, 1.82) is 0 Å². The summed E-state index contributed by atoms with van der Waals surface area (Å²) in [5, 5.41) is 0. The lowest BCUT2D eigenvalue weighted by atomic mass is 9.80. The number of hydrogen-bond donors (Lipinski definition) is 1. The van der Waals surface area contributed by atoms with Gasteiger partial charge in [0.05, 0.1) is 6.54 Å². The lowest BCUT2D eigenvalue weighted by molar-refractivity contribution is -0.134. The summed E-state index contributed by atoms with van der Waals surface area (Å²) < 4.78 is 0. The Morgan fingerprint density at radius 3 is 2.26 bits per heavy atom. The second kappa shape index (κ2) is 7.25. The van der Waals surface area contributed by atoms with Crippen LogP contribution in [0.15, 0.2) is 0 Å². The molecule has 1 amide bonds. The molecule has 0 aromatic heterocycles. The maximum atomic E-state index is 12.3. The second-order valence-electron chi connectivity index (χ2n) is 6.10. The molecule has 0 aromatic carbocycles. The maximum absolute atomic E-state index is 12.3. The average molecular weight is 269 g/mol. The van der Waals surface area contributed by atoms with Crippen LogP contribution in [0.3, 0.4) is 0 Å². The molecule has 1 fully saturated rings. The highest BCUT2D eigenvalue weighted by Crippen LogP contribution is 2.32. The minimum absolute atomic E-state index is 0.0560. The van der Waals surface area contributed by atoms with E-state index in [0.717, 1.165) is 19.4 Å². The number of carbonyl (C=O) groups excluding carboxylic acids is 1. The summed E-state index contributed by atoms with van der Waals surface area (Å²) in [6.45, 7) is 8.30. The molecule has 0 radical (unpaired) electrons. The van der Waals surface area contributed by atoms with Crippen LogP contribution in [0.2, 0.25) is 0 Å². The quantitative estimate of drug-likeness (QED) is 0.800. The van der Waals surface area contributed by atoms with Crippen LogP contribution >= 0.6 is 0 Å². The van der Waals surface area contributed by atoms with Crippen molar-refractivity contribution in [3.8, 4) is 0 Å². The van der Waals surface area contributed by atoms with Crippen molar-refractivity contribution in [2.45, 2.75) is 64.5 Å². The molecule has 19 heavy (non-hydrogen) atoms. The van der Waals surface area contributed by atoms with E-state index in [1.165, 1.54) is 19.3 Å². The molecule has 1 aliphatic rings. The van der Waals surface area contributed by atoms with E-state index in [-0.39, 0.29) is 17.5 Å². The number of nitrogens with zero attached hydrogens (tertiary/aromatic N) is 2. The van der Waals surface area contributed by atoms with Crippen LogP contribution in [0.4, 0.5) is 0 Å². The van der Waals surface area contributed by atoms with E-state index in [1.807, 2.05) is 25.8 Å². The third-order valence-corrected chi connectivity index (χ3v) is 4.71. The van der Waals surface area contributed by atoms with Crippen LogP contribution in [0.1, 0.15) is 52.9 Å². The van der Waals surface area contributed by atoms with Crippen molar-refractivity contribution in [3.63, 3.8) is 0 Å². The smallest absolute Gasteiger partial charge is 0.236 e. The van der Waals surface area contributed by atoms with E-state index in [0.29, 0.717) is 13.1 Å². The molecule has 0 unspecified atom stereocenters. The van der Waals surface area contributed by atoms with E-state index in [4.69, 9.17) is 5.73 Å². The molecule has 4 heteroatoms. The zero-order valence-corrected chi connectivity index (χ0v) is 13.1. The first kappa shape index (κ1) is 16.4. The molecule has 2 N–H and O–H groups in total. The number of nitrogens with two attached hydrogens (primary N) is 1. The summed E-state index contributed by atoms with van der Waals surface area (Å²) in [5.41, 5.74) is 6.12. The number of rotatable bonds is 6. The Hall–Kier alpha value is -0.610. The maximum Gasteiger partial charge on any atom is 0.236 e. The van der Waals surface area contributed by atoms with E-state index in [9.17, 15) is 4.79 Å². The van der Waals surface area contributed by atoms with Gasteiger partial charge in [0.15, 0.2) is 0 Å². The number of carbonyl (C=O) groups is 1. The minimum atomic E-state index is 0.0560. The molecular weight excluding hydrogens is 238 g/mol. The Kier molecular flexibility index (Phi) is 6.27. The van der Waals surface area contributed by atoms with Gasteiger partial charge in [0.1, 0.15) is 0 Å². The van der Waals surface area contributed by atoms with Gasteiger partial charge in [-0.1, -0.05) is 26.2 Å². The van der Waals surface area contributed by atoms with Gasteiger partial charge in [0.25, 0.3) is 0 Å². The molecule has 0 aromatic rings. The molecule has 0 heterocycles. The highest BCUT2D eigenvalue weighted by atomic mass is 16.2. The molecule has 0 atom stereocenters. The van der Waals surface area contributed by atoms with Crippen LogP contribution in [0.25, 0.3) is 0 Å². The average Bonchev–Trinajstić information content (AvgIpc) is 2.44. The molecule has 1 aliphatic carbocycles. The van der Waals surface area contributed by atoms with Crippen molar-refractivity contribution in [2.75, 3.05) is 26.7 Å². The lowest BCUT2D eigenvalue weighted by Gasteiger charge is -2.45. The fraction of sp³-hybridized carbons (Fsp3) is 0.933. The number of hydrogen-bond acceptors (Lipinski definition) is 3. The van der Waals surface area contributed by atoms with Gasteiger partial charge in [0.2, 0.25) is 5.91 Å². The fourth-order valence-corrected chi connectivity index (χ4v) is 3.04. The Morgan fingerprint density at radius 2 is 1.84 bits per heavy atom. The number of likely N-dealkylation sites (N-methyl/N-ethyl adjacent to an activating group) is 2. The summed E-state index contributed by atoms with van der Waals surface area (Å²) >= 11 is 0. The Morgan fingerprint density at radius 1 is 1.26 bits per heavy atom. The summed E-state index contributed by atoms with van der Waals surface area (Å²) in [6, 6.07) is 0.256. The summed E-state index contributed by atoms with van der Waals surface area (Å²) in [7, 11) is 1.89. The topological polar surface area (TPSA) is 49.6 Å². The van der Waals surface area contributed by atoms with Crippen LogP contribution in [0.5, 0.6) is 0 Å². The van der Waals surface area contributed by atoms with Crippen molar-refractivity contribution in [1.82, 2.24) is 9.80 Å². The van der Waals surface area contributed by atoms with Crippen molar-refractivity contribution in [3.05, 3.63) is 0 Å². The van der Waals surface area contributed by atoms with Gasteiger partial charge in [0, 0.05) is 25.2 Å². The molecule has 0 aliphatic heterocycles. The van der Waals surface area contributed by atoms with Crippen molar-refractivity contribution < 1.29 is 4.79 Å². The lowest BCUT2D eigenvalue weighted by Crippen LogP contribution is -2.57. The van der Waals surface area contributed by atoms with Crippen molar-refractivity contribution in [2.24, 2.45) is 5.73 Å². The summed E-state index contributed by atoms with van der Waals surface area (Å²) in [4.78, 5) is 16.4. The SMILES string of the molecule is CCN(CC(=O)N(C)C(C)C)C1(CN)CCCCC1. The first-order valence-corrected chi connectivity index (χ1v) is 7.67. The molecule has 4 nitrogen and oxygen atoms in total. The minimum Gasteiger partial charge on any atom is -0.342 e. The number of amides is 1. The summed E-state index contributed by atoms with van der Waals surface area (Å²) in [6.07, 6.45) is 6.05. The van der Waals surface area contributed by atoms with Gasteiger partial charge in [-0.05, 0) is 33.2 Å². The van der Waals surface area contributed by atoms with Crippen molar-refractivity contribution >= 4 is 5.91 Å². The first-order valence-electron chi connectivity index (χ1n) is 7.67. The molecular formula is C15H31N3O. The standard InChI is InChI=1S/C15H31N3O/c1-5-18(11-14(19)17(4)13(2)3)15(12-16)9-7-6-8-10-15/h13H,5-12,16H2,1-4H3. The van der Waals surface area contributed by atoms with Gasteiger partial charge in [-0.3, -0.25) is 9.69 Å². The highest BCUT2D eigenvalue weighted by Gasteiger charge is 2.37. The van der Waals surface area contributed by atoms with E-state index in [2.05, 4.69) is 11.8 Å². The Balaban J connectivity index is 2.73. The molecule has 112 valence electrons. The molecule has 0 spiro atoms. The van der Waals surface area contributed by atoms with Gasteiger partial charge in [-0.2, -0.15) is 0 Å². The van der Waals surface area contributed by atoms with Gasteiger partial charge in [-0.15, -0.1) is 0 Å². The van der Waals surface area contributed by atoms with Crippen LogP contribution in [0, 0.1) is 0 Å². The van der Waals surface area contributed by atoms with Gasteiger partial charge >= 0.3 is 0 Å². The van der Waals surface area contributed by atoms with Gasteiger partial charge in [-0.25, -0.2) is 0 Å². The molecule has 1 rings (SSSR count). The fourth-order valence-electron chi connectivity index (χ4n) is 3.04. The zero-order valence-electron chi connectivity index (χ0n) is 13.1.